The van der Waals surface area contributed by atoms with Crippen LogP contribution in [0.25, 0.3) is 6.08 Å². The molecule has 0 aromatic carbocycles. The van der Waals surface area contributed by atoms with Crippen molar-refractivity contribution >= 4 is 23.6 Å². The van der Waals surface area contributed by atoms with Crippen LogP contribution in [0.3, 0.4) is 0 Å². The number of aryl methyl sites for hydroxylation is 1. The summed E-state index contributed by atoms with van der Waals surface area (Å²) in [5.74, 6) is -0.863. The van der Waals surface area contributed by atoms with Crippen LogP contribution in [0.4, 0.5) is 0 Å². The Balaban J connectivity index is 2.76. The average Bonchev–Trinajstić information content (AvgIpc) is 2.08. The molecular formula is C10H10ClNO2. The molecule has 0 saturated heterocycles. The number of aromatic nitrogens is 1. The van der Waals surface area contributed by atoms with Crippen molar-refractivity contribution in [3.05, 3.63) is 34.6 Å². The summed E-state index contributed by atoms with van der Waals surface area (Å²) in [6, 6.07) is 3.63. The summed E-state index contributed by atoms with van der Waals surface area (Å²) in [6.45, 7) is 1.84. The second-order valence-corrected chi connectivity index (χ2v) is 3.19. The SMILES string of the molecule is Cc1ccc(C=CCC(=O)O)c(Cl)n1. The Labute approximate surface area is 87.0 Å². The molecule has 0 unspecified atom stereocenters. The summed E-state index contributed by atoms with van der Waals surface area (Å²) >= 11 is 5.84. The third-order valence-electron chi connectivity index (χ3n) is 1.61. The van der Waals surface area contributed by atoms with Gasteiger partial charge < -0.3 is 5.11 Å². The average molecular weight is 212 g/mol. The largest absolute Gasteiger partial charge is 0.481 e. The predicted molar refractivity (Wildman–Crippen MR) is 55.3 cm³/mol. The molecule has 0 aliphatic heterocycles. The van der Waals surface area contributed by atoms with Gasteiger partial charge in [-0.05, 0) is 13.0 Å². The summed E-state index contributed by atoms with van der Waals surface area (Å²) in [5.41, 5.74) is 1.57. The highest BCUT2D eigenvalue weighted by Gasteiger charge is 1.98. The minimum Gasteiger partial charge on any atom is -0.481 e. The zero-order chi connectivity index (χ0) is 10.6. The second kappa shape index (κ2) is 4.77. The first kappa shape index (κ1) is 10.7. The molecular weight excluding hydrogens is 202 g/mol. The molecule has 0 radical (unpaired) electrons. The molecule has 14 heavy (non-hydrogen) atoms. The third kappa shape index (κ3) is 3.18. The number of halogens is 1. The standard InChI is InChI=1S/C10H10ClNO2/c1-7-5-6-8(10(11)12-7)3-2-4-9(13)14/h2-3,5-6H,4H2,1H3,(H,13,14). The van der Waals surface area contributed by atoms with Gasteiger partial charge in [0, 0.05) is 11.3 Å². The number of carbonyl (C=O) groups is 1. The highest BCUT2D eigenvalue weighted by atomic mass is 35.5. The Morgan fingerprint density at radius 1 is 1.64 bits per heavy atom. The number of hydrogen-bond donors (Lipinski definition) is 1. The predicted octanol–water partition coefficient (Wildman–Crippen LogP) is 2.53. The zero-order valence-electron chi connectivity index (χ0n) is 7.70. The van der Waals surface area contributed by atoms with Crippen molar-refractivity contribution < 1.29 is 9.90 Å². The van der Waals surface area contributed by atoms with E-state index in [1.807, 2.05) is 19.1 Å². The van der Waals surface area contributed by atoms with Crippen molar-refractivity contribution in [2.75, 3.05) is 0 Å². The van der Waals surface area contributed by atoms with E-state index in [1.165, 1.54) is 0 Å². The smallest absolute Gasteiger partial charge is 0.307 e. The minimum absolute atomic E-state index is 0.00972. The number of rotatable bonds is 3. The van der Waals surface area contributed by atoms with Gasteiger partial charge in [-0.1, -0.05) is 29.8 Å². The summed E-state index contributed by atoms with van der Waals surface area (Å²) in [5, 5.41) is 8.80. The van der Waals surface area contributed by atoms with Crippen LogP contribution < -0.4 is 0 Å². The molecule has 0 fully saturated rings. The second-order valence-electron chi connectivity index (χ2n) is 2.83. The van der Waals surface area contributed by atoms with Crippen LogP contribution in [0, 0.1) is 6.92 Å². The molecule has 1 N–H and O–H groups in total. The fourth-order valence-electron chi connectivity index (χ4n) is 0.947. The molecule has 0 bridgehead atoms. The summed E-state index contributed by atoms with van der Waals surface area (Å²) < 4.78 is 0. The van der Waals surface area contributed by atoms with Crippen molar-refractivity contribution in [3.63, 3.8) is 0 Å². The monoisotopic (exact) mass is 211 g/mol. The normalized spacial score (nSPS) is 10.7. The van der Waals surface area contributed by atoms with Gasteiger partial charge in [-0.3, -0.25) is 4.79 Å². The fraction of sp³-hybridized carbons (Fsp3) is 0.200. The van der Waals surface area contributed by atoms with Gasteiger partial charge in [0.05, 0.1) is 6.42 Å². The maximum Gasteiger partial charge on any atom is 0.307 e. The van der Waals surface area contributed by atoms with Gasteiger partial charge in [-0.2, -0.15) is 0 Å². The molecule has 0 aliphatic rings. The van der Waals surface area contributed by atoms with E-state index in [1.54, 1.807) is 12.2 Å². The highest BCUT2D eigenvalue weighted by molar-refractivity contribution is 6.30. The lowest BCUT2D eigenvalue weighted by atomic mass is 10.2. The maximum atomic E-state index is 10.2. The van der Waals surface area contributed by atoms with Crippen molar-refractivity contribution in [1.29, 1.82) is 0 Å². The molecule has 0 spiro atoms. The van der Waals surface area contributed by atoms with E-state index in [0.717, 1.165) is 11.3 Å². The fourth-order valence-corrected chi connectivity index (χ4v) is 1.21. The lowest BCUT2D eigenvalue weighted by molar-refractivity contribution is -0.135. The van der Waals surface area contributed by atoms with Crippen LogP contribution in [0.5, 0.6) is 0 Å². The first-order chi connectivity index (χ1) is 6.59. The van der Waals surface area contributed by atoms with E-state index in [9.17, 15) is 4.79 Å². The van der Waals surface area contributed by atoms with Crippen LogP contribution in [0.15, 0.2) is 18.2 Å². The Hall–Kier alpha value is -1.35. The summed E-state index contributed by atoms with van der Waals surface area (Å²) in [7, 11) is 0. The van der Waals surface area contributed by atoms with Crippen LogP contribution in [0.1, 0.15) is 17.7 Å². The number of nitrogens with zero attached hydrogens (tertiary/aromatic N) is 1. The number of aliphatic carboxylic acids is 1. The van der Waals surface area contributed by atoms with Gasteiger partial charge in [0.2, 0.25) is 0 Å². The summed E-state index contributed by atoms with van der Waals surface area (Å²) in [4.78, 5) is 14.3. The lowest BCUT2D eigenvalue weighted by Gasteiger charge is -1.97. The topological polar surface area (TPSA) is 50.2 Å². The van der Waals surface area contributed by atoms with Crippen LogP contribution >= 0.6 is 11.6 Å². The first-order valence-corrected chi connectivity index (χ1v) is 4.49. The quantitative estimate of drug-likeness (QED) is 0.782. The van der Waals surface area contributed by atoms with Gasteiger partial charge in [0.1, 0.15) is 5.15 Å². The summed E-state index contributed by atoms with van der Waals surface area (Å²) in [6.07, 6.45) is 3.19. The molecule has 74 valence electrons. The molecule has 0 saturated carbocycles. The number of carboxylic acid groups (broad SMARTS) is 1. The Morgan fingerprint density at radius 2 is 2.36 bits per heavy atom. The van der Waals surface area contributed by atoms with Gasteiger partial charge in [0.15, 0.2) is 0 Å². The Kier molecular flexibility index (Phi) is 3.65. The number of pyridine rings is 1. The minimum atomic E-state index is -0.863. The van der Waals surface area contributed by atoms with Crippen molar-refractivity contribution in [2.45, 2.75) is 13.3 Å². The zero-order valence-corrected chi connectivity index (χ0v) is 8.45. The van der Waals surface area contributed by atoms with Gasteiger partial charge in [-0.15, -0.1) is 0 Å². The van der Waals surface area contributed by atoms with Crippen molar-refractivity contribution in [2.24, 2.45) is 0 Å². The molecule has 4 heteroatoms. The molecule has 1 heterocycles. The molecule has 1 aromatic heterocycles. The van der Waals surface area contributed by atoms with Crippen LogP contribution in [0.2, 0.25) is 5.15 Å². The third-order valence-corrected chi connectivity index (χ3v) is 1.91. The van der Waals surface area contributed by atoms with E-state index in [4.69, 9.17) is 16.7 Å². The highest BCUT2D eigenvalue weighted by Crippen LogP contribution is 2.15. The Bertz CT molecular complexity index is 374. The molecule has 1 aromatic rings. The van der Waals surface area contributed by atoms with E-state index in [2.05, 4.69) is 4.98 Å². The number of hydrogen-bond acceptors (Lipinski definition) is 2. The van der Waals surface area contributed by atoms with Crippen molar-refractivity contribution in [1.82, 2.24) is 4.98 Å². The van der Waals surface area contributed by atoms with E-state index in [-0.39, 0.29) is 6.42 Å². The van der Waals surface area contributed by atoms with Gasteiger partial charge in [0.25, 0.3) is 0 Å². The van der Waals surface area contributed by atoms with Crippen molar-refractivity contribution in [3.8, 4) is 0 Å². The molecule has 3 nitrogen and oxygen atoms in total. The van der Waals surface area contributed by atoms with Crippen LogP contribution in [-0.2, 0) is 4.79 Å². The Morgan fingerprint density at radius 3 is 2.93 bits per heavy atom. The van der Waals surface area contributed by atoms with Gasteiger partial charge >= 0.3 is 5.97 Å². The van der Waals surface area contributed by atoms with Gasteiger partial charge in [-0.25, -0.2) is 4.98 Å². The molecule has 0 amide bonds. The number of carboxylic acids is 1. The first-order valence-electron chi connectivity index (χ1n) is 4.11. The molecule has 0 atom stereocenters. The lowest BCUT2D eigenvalue weighted by Crippen LogP contribution is -1.90. The van der Waals surface area contributed by atoms with E-state index in [0.29, 0.717) is 5.15 Å². The molecule has 0 aliphatic carbocycles. The molecule has 1 rings (SSSR count). The van der Waals surface area contributed by atoms with Crippen LogP contribution in [-0.4, -0.2) is 16.1 Å². The van der Waals surface area contributed by atoms with E-state index >= 15 is 0 Å². The maximum absolute atomic E-state index is 10.2. The van der Waals surface area contributed by atoms with E-state index < -0.39 is 5.97 Å².